The number of ether oxygens (including phenoxy) is 1. The maximum Gasteiger partial charge on any atom is 0.245 e. The predicted molar refractivity (Wildman–Crippen MR) is 64.1 cm³/mol. The van der Waals surface area contributed by atoms with Gasteiger partial charge in [0.25, 0.3) is 0 Å². The second kappa shape index (κ2) is 7.87. The van der Waals surface area contributed by atoms with Crippen molar-refractivity contribution in [2.45, 2.75) is 49.8 Å². The second-order valence-electron chi connectivity index (χ2n) is 5.12. The summed E-state index contributed by atoms with van der Waals surface area (Å²) in [5, 5.41) is 50.4. The van der Waals surface area contributed by atoms with E-state index in [9.17, 15) is 30.3 Å². The Morgan fingerprint density at radius 3 is 2.65 bits per heavy atom. The number of hydrogen-bond acceptors (Lipinski definition) is 7. The smallest absolute Gasteiger partial charge is 0.245 e. The number of carbonyl (C=O) groups is 1. The standard InChI is InChI=1S/C12H23NO7/c14-8-6-20-12(19,11(18)10(8)17)7-13-5-3-1-2-4-9(15)16/h8,10-11,13-14,17-19H,1-7H2,(H,15,16)/t8-,10-,11+,12-/m1/s1. The minimum Gasteiger partial charge on any atom is -0.550 e. The fraction of sp³-hybridized carbons (Fsp3) is 0.917. The molecular weight excluding hydrogens is 270 g/mol. The zero-order valence-electron chi connectivity index (χ0n) is 11.3. The van der Waals surface area contributed by atoms with Gasteiger partial charge in [0, 0.05) is 5.97 Å². The van der Waals surface area contributed by atoms with E-state index >= 15 is 0 Å². The number of nitrogens with two attached hydrogens (primary N) is 1. The van der Waals surface area contributed by atoms with Crippen LogP contribution in [0.25, 0.3) is 0 Å². The van der Waals surface area contributed by atoms with Crippen LogP contribution in [-0.2, 0) is 9.53 Å². The lowest BCUT2D eigenvalue weighted by atomic mass is 9.97. The van der Waals surface area contributed by atoms with Crippen molar-refractivity contribution < 1.29 is 40.4 Å². The number of rotatable bonds is 8. The van der Waals surface area contributed by atoms with Crippen LogP contribution in [0.15, 0.2) is 0 Å². The highest BCUT2D eigenvalue weighted by Crippen LogP contribution is 2.22. The summed E-state index contributed by atoms with van der Waals surface area (Å²) < 4.78 is 5.00. The molecule has 0 aromatic heterocycles. The molecule has 8 nitrogen and oxygen atoms in total. The van der Waals surface area contributed by atoms with Crippen molar-refractivity contribution in [3.05, 3.63) is 0 Å². The van der Waals surface area contributed by atoms with Crippen molar-refractivity contribution in [2.24, 2.45) is 0 Å². The third-order valence-corrected chi connectivity index (χ3v) is 3.41. The van der Waals surface area contributed by atoms with E-state index < -0.39 is 30.1 Å². The Labute approximate surface area is 117 Å². The van der Waals surface area contributed by atoms with E-state index in [0.29, 0.717) is 13.0 Å². The number of quaternary nitrogens is 1. The molecule has 0 radical (unpaired) electrons. The minimum atomic E-state index is -1.89. The molecule has 0 aromatic carbocycles. The van der Waals surface area contributed by atoms with E-state index in [4.69, 9.17) is 4.74 Å². The van der Waals surface area contributed by atoms with Crippen LogP contribution in [-0.4, -0.2) is 70.2 Å². The summed E-state index contributed by atoms with van der Waals surface area (Å²) in [6.07, 6.45) is -2.15. The monoisotopic (exact) mass is 293 g/mol. The largest absolute Gasteiger partial charge is 0.550 e. The van der Waals surface area contributed by atoms with Crippen molar-refractivity contribution in [1.82, 2.24) is 0 Å². The van der Waals surface area contributed by atoms with E-state index in [1.807, 2.05) is 0 Å². The first-order chi connectivity index (χ1) is 9.37. The Hall–Kier alpha value is -0.770. The number of aliphatic carboxylic acids is 1. The van der Waals surface area contributed by atoms with Crippen LogP contribution < -0.4 is 10.4 Å². The van der Waals surface area contributed by atoms with Gasteiger partial charge in [0.1, 0.15) is 24.9 Å². The van der Waals surface area contributed by atoms with Crippen LogP contribution in [0, 0.1) is 0 Å². The van der Waals surface area contributed by atoms with E-state index in [2.05, 4.69) is 0 Å². The van der Waals surface area contributed by atoms with Crippen LogP contribution in [0.1, 0.15) is 25.7 Å². The van der Waals surface area contributed by atoms with Crippen LogP contribution in [0.2, 0.25) is 0 Å². The van der Waals surface area contributed by atoms with Crippen LogP contribution in [0.4, 0.5) is 0 Å². The molecule has 20 heavy (non-hydrogen) atoms. The normalized spacial score (nSPS) is 34.1. The summed E-state index contributed by atoms with van der Waals surface area (Å²) in [7, 11) is 0. The predicted octanol–water partition coefficient (Wildman–Crippen LogP) is -4.34. The summed E-state index contributed by atoms with van der Waals surface area (Å²) in [5.74, 6) is -2.95. The van der Waals surface area contributed by atoms with Crippen molar-refractivity contribution >= 4 is 5.97 Å². The minimum absolute atomic E-state index is 0.0262. The molecule has 1 fully saturated rings. The van der Waals surface area contributed by atoms with Crippen LogP contribution in [0.5, 0.6) is 0 Å². The molecule has 1 aliphatic heterocycles. The number of aliphatic hydroxyl groups excluding tert-OH is 3. The molecule has 4 atom stereocenters. The van der Waals surface area contributed by atoms with Gasteiger partial charge in [-0.3, -0.25) is 0 Å². The van der Waals surface area contributed by atoms with E-state index in [1.54, 1.807) is 5.32 Å². The molecule has 0 unspecified atom stereocenters. The molecule has 8 heteroatoms. The molecule has 1 heterocycles. The highest BCUT2D eigenvalue weighted by molar-refractivity contribution is 5.63. The molecule has 1 rings (SSSR count). The summed E-state index contributed by atoms with van der Waals surface area (Å²) in [4.78, 5) is 10.2. The van der Waals surface area contributed by atoms with Gasteiger partial charge in [-0.1, -0.05) is 0 Å². The van der Waals surface area contributed by atoms with Crippen LogP contribution >= 0.6 is 0 Å². The quantitative estimate of drug-likeness (QED) is 0.284. The van der Waals surface area contributed by atoms with Gasteiger partial charge in [-0.2, -0.15) is 0 Å². The molecule has 0 saturated carbocycles. The molecule has 0 amide bonds. The molecular formula is C12H23NO7. The number of carbonyl (C=O) groups excluding carboxylic acids is 1. The molecule has 0 bridgehead atoms. The van der Waals surface area contributed by atoms with Crippen molar-refractivity contribution in [3.8, 4) is 0 Å². The first kappa shape index (κ1) is 17.3. The molecule has 0 spiro atoms. The Kier molecular flexibility index (Phi) is 6.80. The lowest BCUT2D eigenvalue weighted by molar-refractivity contribution is -0.681. The van der Waals surface area contributed by atoms with E-state index in [0.717, 1.165) is 12.8 Å². The summed E-state index contributed by atoms with van der Waals surface area (Å²) in [5.41, 5.74) is 0. The highest BCUT2D eigenvalue weighted by atomic mass is 16.6. The van der Waals surface area contributed by atoms with Gasteiger partial charge in [0.15, 0.2) is 0 Å². The number of hydrogen-bond donors (Lipinski definition) is 5. The van der Waals surface area contributed by atoms with Crippen LogP contribution in [0.3, 0.4) is 0 Å². The third-order valence-electron chi connectivity index (χ3n) is 3.41. The van der Waals surface area contributed by atoms with E-state index in [-0.39, 0.29) is 19.6 Å². The Morgan fingerprint density at radius 2 is 2.00 bits per heavy atom. The van der Waals surface area contributed by atoms with Gasteiger partial charge in [-0.15, -0.1) is 0 Å². The first-order valence-electron chi connectivity index (χ1n) is 6.79. The maximum absolute atomic E-state index is 10.2. The summed E-state index contributed by atoms with van der Waals surface area (Å²) >= 11 is 0. The second-order valence-corrected chi connectivity index (χ2v) is 5.12. The molecule has 1 aliphatic rings. The highest BCUT2D eigenvalue weighted by Gasteiger charge is 2.49. The molecule has 118 valence electrons. The van der Waals surface area contributed by atoms with Gasteiger partial charge in [0.05, 0.1) is 13.2 Å². The van der Waals surface area contributed by atoms with Gasteiger partial charge >= 0.3 is 0 Å². The molecule has 0 aromatic rings. The third kappa shape index (κ3) is 4.97. The molecule has 6 N–H and O–H groups in total. The van der Waals surface area contributed by atoms with Crippen molar-refractivity contribution in [3.63, 3.8) is 0 Å². The lowest BCUT2D eigenvalue weighted by Gasteiger charge is -2.40. The van der Waals surface area contributed by atoms with Crippen molar-refractivity contribution in [2.75, 3.05) is 19.7 Å². The van der Waals surface area contributed by atoms with Crippen molar-refractivity contribution in [1.29, 1.82) is 0 Å². The fourth-order valence-corrected chi connectivity index (χ4v) is 2.11. The average molecular weight is 293 g/mol. The fourth-order valence-electron chi connectivity index (χ4n) is 2.11. The lowest BCUT2D eigenvalue weighted by Crippen LogP contribution is -2.90. The zero-order valence-corrected chi connectivity index (χ0v) is 11.3. The van der Waals surface area contributed by atoms with Gasteiger partial charge in [-0.05, 0) is 25.7 Å². The summed E-state index contributed by atoms with van der Waals surface area (Å²) in [6, 6.07) is 0. The molecule has 1 saturated heterocycles. The first-order valence-corrected chi connectivity index (χ1v) is 6.79. The Bertz CT molecular complexity index is 314. The van der Waals surface area contributed by atoms with Gasteiger partial charge < -0.3 is 40.4 Å². The Morgan fingerprint density at radius 1 is 1.30 bits per heavy atom. The maximum atomic E-state index is 10.2. The van der Waals surface area contributed by atoms with Gasteiger partial charge in [-0.25, -0.2) is 0 Å². The SMILES string of the molecule is O=C([O-])CCCCC[NH2+]C[C@@]1(O)OC[C@@H](O)[C@@H](O)[C@@H]1O. The number of carboxylic acid groups (broad SMARTS) is 1. The number of unbranched alkanes of at least 4 members (excludes halogenated alkanes) is 2. The van der Waals surface area contributed by atoms with E-state index in [1.165, 1.54) is 0 Å². The number of aliphatic hydroxyl groups is 4. The average Bonchev–Trinajstić information content (AvgIpc) is 2.40. The number of carboxylic acids is 1. The topological polar surface area (TPSA) is 147 Å². The summed E-state index contributed by atoms with van der Waals surface area (Å²) in [6.45, 7) is 0.413. The molecule has 0 aliphatic carbocycles. The van der Waals surface area contributed by atoms with Gasteiger partial charge in [0.2, 0.25) is 5.79 Å². The Balaban J connectivity index is 2.19. The zero-order chi connectivity index (χ0) is 15.2.